The SMILES string of the molecule is COc1ccc(-c2n[nH]c(=S)c(C)c2C)c(OC)c1. The second-order valence-corrected chi connectivity index (χ2v) is 4.63. The van der Waals surface area contributed by atoms with E-state index in [1.807, 2.05) is 32.0 Å². The van der Waals surface area contributed by atoms with Gasteiger partial charge in [0.2, 0.25) is 0 Å². The van der Waals surface area contributed by atoms with Crippen LogP contribution in [0.5, 0.6) is 11.5 Å². The summed E-state index contributed by atoms with van der Waals surface area (Å²) in [7, 11) is 3.26. The largest absolute Gasteiger partial charge is 0.497 e. The highest BCUT2D eigenvalue weighted by atomic mass is 32.1. The number of H-pyrrole nitrogens is 1. The van der Waals surface area contributed by atoms with Crippen molar-refractivity contribution in [2.75, 3.05) is 14.2 Å². The minimum atomic E-state index is 0.661. The molecule has 0 aliphatic carbocycles. The summed E-state index contributed by atoms with van der Waals surface area (Å²) in [5.41, 5.74) is 3.82. The van der Waals surface area contributed by atoms with Crippen molar-refractivity contribution in [1.29, 1.82) is 0 Å². The highest BCUT2D eigenvalue weighted by Crippen LogP contribution is 2.34. The molecule has 0 fully saturated rings. The van der Waals surface area contributed by atoms with Gasteiger partial charge in [-0.15, -0.1) is 0 Å². The Hall–Kier alpha value is -1.88. The summed E-state index contributed by atoms with van der Waals surface area (Å²) in [5, 5.41) is 7.19. The number of hydrogen-bond donors (Lipinski definition) is 1. The Kier molecular flexibility index (Phi) is 3.85. The van der Waals surface area contributed by atoms with Gasteiger partial charge < -0.3 is 9.47 Å². The normalized spacial score (nSPS) is 10.3. The monoisotopic (exact) mass is 276 g/mol. The van der Waals surface area contributed by atoms with Crippen LogP contribution < -0.4 is 9.47 Å². The van der Waals surface area contributed by atoms with Gasteiger partial charge >= 0.3 is 0 Å². The second-order valence-electron chi connectivity index (χ2n) is 4.22. The molecule has 2 aromatic rings. The molecule has 0 unspecified atom stereocenters. The predicted molar refractivity (Wildman–Crippen MR) is 77.4 cm³/mol. The Morgan fingerprint density at radius 1 is 1.11 bits per heavy atom. The zero-order chi connectivity index (χ0) is 14.0. The van der Waals surface area contributed by atoms with Gasteiger partial charge in [-0.2, -0.15) is 5.10 Å². The van der Waals surface area contributed by atoms with Crippen molar-refractivity contribution in [3.05, 3.63) is 34.0 Å². The third-order valence-electron chi connectivity index (χ3n) is 3.19. The summed E-state index contributed by atoms with van der Waals surface area (Å²) in [4.78, 5) is 0. The first kappa shape index (κ1) is 13.5. The van der Waals surface area contributed by atoms with Crippen molar-refractivity contribution in [2.45, 2.75) is 13.8 Å². The number of aromatic nitrogens is 2. The lowest BCUT2D eigenvalue weighted by Crippen LogP contribution is -1.98. The van der Waals surface area contributed by atoms with Crippen molar-refractivity contribution in [3.8, 4) is 22.8 Å². The molecule has 5 heteroatoms. The maximum atomic E-state index is 5.41. The van der Waals surface area contributed by atoms with Crippen LogP contribution in [-0.2, 0) is 0 Å². The van der Waals surface area contributed by atoms with Crippen LogP contribution in [0, 0.1) is 18.5 Å². The fourth-order valence-electron chi connectivity index (χ4n) is 1.88. The lowest BCUT2D eigenvalue weighted by Gasteiger charge is -2.12. The number of ether oxygens (including phenoxy) is 2. The average Bonchev–Trinajstić information content (AvgIpc) is 2.44. The van der Waals surface area contributed by atoms with Gasteiger partial charge in [-0.3, -0.25) is 5.10 Å². The van der Waals surface area contributed by atoms with E-state index in [0.717, 1.165) is 33.9 Å². The molecule has 0 atom stereocenters. The summed E-state index contributed by atoms with van der Waals surface area (Å²) < 4.78 is 11.3. The molecule has 1 heterocycles. The van der Waals surface area contributed by atoms with Crippen molar-refractivity contribution in [3.63, 3.8) is 0 Å². The molecule has 0 saturated carbocycles. The summed E-state index contributed by atoms with van der Waals surface area (Å²) >= 11 is 5.18. The Balaban J connectivity index is 2.65. The second kappa shape index (κ2) is 5.40. The first-order valence-electron chi connectivity index (χ1n) is 5.86. The molecule has 0 bridgehead atoms. The molecular formula is C14H16N2O2S. The zero-order valence-corrected chi connectivity index (χ0v) is 12.2. The molecule has 1 aromatic heterocycles. The summed E-state index contributed by atoms with van der Waals surface area (Å²) in [6.45, 7) is 3.99. The van der Waals surface area contributed by atoms with E-state index in [9.17, 15) is 0 Å². The standard InChI is InChI=1S/C14H16N2O2S/c1-8-9(2)14(19)16-15-13(8)11-6-5-10(17-3)7-12(11)18-4/h5-7H,1-4H3,(H,16,19). The molecule has 1 N–H and O–H groups in total. The van der Waals surface area contributed by atoms with E-state index >= 15 is 0 Å². The highest BCUT2D eigenvalue weighted by Gasteiger charge is 2.13. The van der Waals surface area contributed by atoms with Crippen molar-refractivity contribution in [1.82, 2.24) is 10.2 Å². The highest BCUT2D eigenvalue weighted by molar-refractivity contribution is 7.71. The van der Waals surface area contributed by atoms with Gasteiger partial charge in [-0.25, -0.2) is 0 Å². The third-order valence-corrected chi connectivity index (χ3v) is 3.59. The Morgan fingerprint density at radius 3 is 2.47 bits per heavy atom. The van der Waals surface area contributed by atoms with E-state index < -0.39 is 0 Å². The van der Waals surface area contributed by atoms with E-state index in [1.54, 1.807) is 14.2 Å². The number of nitrogens with zero attached hydrogens (tertiary/aromatic N) is 1. The number of rotatable bonds is 3. The maximum absolute atomic E-state index is 5.41. The first-order chi connectivity index (χ1) is 9.08. The van der Waals surface area contributed by atoms with Gasteiger partial charge in [0.15, 0.2) is 0 Å². The van der Waals surface area contributed by atoms with Gasteiger partial charge in [0.05, 0.1) is 19.9 Å². The molecule has 19 heavy (non-hydrogen) atoms. The molecule has 0 aliphatic rings. The van der Waals surface area contributed by atoms with Crippen LogP contribution in [0.25, 0.3) is 11.3 Å². The zero-order valence-electron chi connectivity index (χ0n) is 11.4. The van der Waals surface area contributed by atoms with E-state index in [1.165, 1.54) is 0 Å². The van der Waals surface area contributed by atoms with Gasteiger partial charge in [-0.05, 0) is 37.1 Å². The molecule has 0 aliphatic heterocycles. The van der Waals surface area contributed by atoms with Gasteiger partial charge in [0.1, 0.15) is 16.1 Å². The van der Waals surface area contributed by atoms with E-state index in [-0.39, 0.29) is 0 Å². The molecule has 0 saturated heterocycles. The molecule has 100 valence electrons. The smallest absolute Gasteiger partial charge is 0.132 e. The molecule has 2 rings (SSSR count). The lowest BCUT2D eigenvalue weighted by atomic mass is 10.0. The summed E-state index contributed by atoms with van der Waals surface area (Å²) in [5.74, 6) is 1.47. The number of hydrogen-bond acceptors (Lipinski definition) is 4. The Labute approximate surface area is 117 Å². The van der Waals surface area contributed by atoms with Gasteiger partial charge in [0, 0.05) is 11.6 Å². The topological polar surface area (TPSA) is 47.1 Å². The fraction of sp³-hybridized carbons (Fsp3) is 0.286. The van der Waals surface area contributed by atoms with Crippen LogP contribution in [0.4, 0.5) is 0 Å². The molecule has 0 spiro atoms. The van der Waals surface area contributed by atoms with Crippen molar-refractivity contribution < 1.29 is 9.47 Å². The van der Waals surface area contributed by atoms with Crippen LogP contribution in [0.3, 0.4) is 0 Å². The van der Waals surface area contributed by atoms with E-state index in [0.29, 0.717) is 4.64 Å². The average molecular weight is 276 g/mol. The van der Waals surface area contributed by atoms with Crippen molar-refractivity contribution in [2.24, 2.45) is 0 Å². The molecule has 0 radical (unpaired) electrons. The summed E-state index contributed by atoms with van der Waals surface area (Å²) in [6, 6.07) is 5.66. The minimum Gasteiger partial charge on any atom is -0.497 e. The van der Waals surface area contributed by atoms with Crippen LogP contribution in [-0.4, -0.2) is 24.4 Å². The van der Waals surface area contributed by atoms with Crippen LogP contribution in [0.1, 0.15) is 11.1 Å². The summed E-state index contributed by atoms with van der Waals surface area (Å²) in [6.07, 6.45) is 0. The molecule has 1 aromatic carbocycles. The number of benzene rings is 1. The number of aromatic amines is 1. The Bertz CT molecular complexity index is 665. The van der Waals surface area contributed by atoms with E-state index in [2.05, 4.69) is 10.2 Å². The van der Waals surface area contributed by atoms with Gasteiger partial charge in [-0.1, -0.05) is 12.2 Å². The fourth-order valence-corrected chi connectivity index (χ4v) is 2.08. The Morgan fingerprint density at radius 2 is 1.84 bits per heavy atom. The van der Waals surface area contributed by atoms with Crippen LogP contribution in [0.15, 0.2) is 18.2 Å². The minimum absolute atomic E-state index is 0.661. The lowest BCUT2D eigenvalue weighted by molar-refractivity contribution is 0.395. The number of methoxy groups -OCH3 is 2. The van der Waals surface area contributed by atoms with E-state index in [4.69, 9.17) is 21.7 Å². The quantitative estimate of drug-likeness (QED) is 0.872. The third kappa shape index (κ3) is 2.46. The van der Waals surface area contributed by atoms with Crippen LogP contribution >= 0.6 is 12.2 Å². The molecule has 0 amide bonds. The van der Waals surface area contributed by atoms with Crippen LogP contribution in [0.2, 0.25) is 0 Å². The first-order valence-corrected chi connectivity index (χ1v) is 6.27. The molecule has 4 nitrogen and oxygen atoms in total. The maximum Gasteiger partial charge on any atom is 0.132 e. The van der Waals surface area contributed by atoms with Gasteiger partial charge in [0.25, 0.3) is 0 Å². The predicted octanol–water partition coefficient (Wildman–Crippen LogP) is 3.44. The number of nitrogens with one attached hydrogen (secondary N) is 1. The van der Waals surface area contributed by atoms with Crippen molar-refractivity contribution >= 4 is 12.2 Å². The molecular weight excluding hydrogens is 260 g/mol.